The van der Waals surface area contributed by atoms with Gasteiger partial charge in [-0.2, -0.15) is 18.2 Å². The summed E-state index contributed by atoms with van der Waals surface area (Å²) in [7, 11) is 0. The van der Waals surface area contributed by atoms with E-state index in [1.807, 2.05) is 5.32 Å². The molecule has 0 aliphatic heterocycles. The van der Waals surface area contributed by atoms with E-state index < -0.39 is 17.7 Å². The van der Waals surface area contributed by atoms with Crippen molar-refractivity contribution in [2.75, 3.05) is 5.32 Å². The molecule has 0 saturated carbocycles. The number of anilines is 1. The van der Waals surface area contributed by atoms with E-state index in [-0.39, 0.29) is 11.8 Å². The van der Waals surface area contributed by atoms with E-state index in [0.717, 1.165) is 6.92 Å². The standard InChI is InChI=1S/C13H10F3N3O2/c1-8(20)7-10(13(14,15)16)17-12-18-11(21-19-12)9-5-3-2-4-6-9/h2-7H,1H3,(H,17,19)/b10-7-. The second kappa shape index (κ2) is 5.78. The molecule has 1 aromatic carbocycles. The van der Waals surface area contributed by atoms with Gasteiger partial charge in [0.15, 0.2) is 5.78 Å². The molecular weight excluding hydrogens is 287 g/mol. The lowest BCUT2D eigenvalue weighted by atomic mass is 10.2. The summed E-state index contributed by atoms with van der Waals surface area (Å²) in [5.74, 6) is -1.05. The Hall–Kier alpha value is -2.64. The number of nitrogens with zero attached hydrogens (tertiary/aromatic N) is 2. The summed E-state index contributed by atoms with van der Waals surface area (Å²) >= 11 is 0. The Bertz CT molecular complexity index is 663. The average Bonchev–Trinajstić information content (AvgIpc) is 2.86. The Labute approximate surface area is 117 Å². The lowest BCUT2D eigenvalue weighted by Crippen LogP contribution is -2.20. The predicted molar refractivity (Wildman–Crippen MR) is 68.2 cm³/mol. The number of ketones is 1. The van der Waals surface area contributed by atoms with Crippen LogP contribution in [0.3, 0.4) is 0 Å². The van der Waals surface area contributed by atoms with E-state index in [9.17, 15) is 18.0 Å². The summed E-state index contributed by atoms with van der Waals surface area (Å²) < 4.78 is 43.0. The molecule has 0 unspecified atom stereocenters. The fraction of sp³-hybridized carbons (Fsp3) is 0.154. The molecule has 2 aromatic rings. The number of hydrogen-bond donors (Lipinski definition) is 1. The number of carbonyl (C=O) groups is 1. The number of nitrogens with one attached hydrogen (secondary N) is 1. The zero-order valence-corrected chi connectivity index (χ0v) is 10.8. The summed E-state index contributed by atoms with van der Waals surface area (Å²) in [5, 5.41) is 5.34. The first kappa shape index (κ1) is 14.8. The molecule has 0 bridgehead atoms. The van der Waals surface area contributed by atoms with Crippen LogP contribution in [0, 0.1) is 0 Å². The number of aromatic nitrogens is 2. The molecule has 0 fully saturated rings. The molecule has 0 amide bonds. The van der Waals surface area contributed by atoms with Gasteiger partial charge >= 0.3 is 6.18 Å². The van der Waals surface area contributed by atoms with Gasteiger partial charge in [-0.3, -0.25) is 4.79 Å². The van der Waals surface area contributed by atoms with Crippen molar-refractivity contribution in [1.29, 1.82) is 0 Å². The van der Waals surface area contributed by atoms with Crippen LogP contribution in [0.4, 0.5) is 19.1 Å². The minimum atomic E-state index is -4.72. The molecule has 5 nitrogen and oxygen atoms in total. The maximum atomic E-state index is 12.7. The van der Waals surface area contributed by atoms with E-state index in [0.29, 0.717) is 11.6 Å². The van der Waals surface area contributed by atoms with Gasteiger partial charge in [0, 0.05) is 11.6 Å². The summed E-state index contributed by atoms with van der Waals surface area (Å²) in [6, 6.07) is 8.57. The second-order valence-electron chi connectivity index (χ2n) is 4.08. The maximum absolute atomic E-state index is 12.7. The molecule has 2 rings (SSSR count). The zero-order valence-electron chi connectivity index (χ0n) is 10.8. The number of allylic oxidation sites excluding steroid dienone is 2. The van der Waals surface area contributed by atoms with Crippen LogP contribution in [0.2, 0.25) is 0 Å². The molecule has 0 saturated heterocycles. The van der Waals surface area contributed by atoms with Gasteiger partial charge in [0.2, 0.25) is 0 Å². The number of rotatable bonds is 4. The Balaban J connectivity index is 2.24. The monoisotopic (exact) mass is 297 g/mol. The van der Waals surface area contributed by atoms with Crippen molar-refractivity contribution >= 4 is 11.7 Å². The van der Waals surface area contributed by atoms with Crippen molar-refractivity contribution in [3.8, 4) is 11.5 Å². The van der Waals surface area contributed by atoms with Gasteiger partial charge in [0.05, 0.1) is 0 Å². The second-order valence-corrected chi connectivity index (χ2v) is 4.08. The van der Waals surface area contributed by atoms with E-state index >= 15 is 0 Å². The van der Waals surface area contributed by atoms with Crippen molar-refractivity contribution < 1.29 is 22.5 Å². The Morgan fingerprint density at radius 2 is 1.95 bits per heavy atom. The van der Waals surface area contributed by atoms with Crippen LogP contribution in [0.5, 0.6) is 0 Å². The molecule has 0 radical (unpaired) electrons. The molecular formula is C13H10F3N3O2. The fourth-order valence-electron chi connectivity index (χ4n) is 1.48. The third kappa shape index (κ3) is 3.91. The lowest BCUT2D eigenvalue weighted by Gasteiger charge is -2.10. The summed E-state index contributed by atoms with van der Waals surface area (Å²) in [6.45, 7) is 1.01. The van der Waals surface area contributed by atoms with Crippen molar-refractivity contribution in [1.82, 2.24) is 10.1 Å². The van der Waals surface area contributed by atoms with E-state index in [2.05, 4.69) is 10.1 Å². The van der Waals surface area contributed by atoms with Crippen LogP contribution in [0.15, 0.2) is 46.6 Å². The molecule has 1 N–H and O–H groups in total. The minimum absolute atomic E-state index is 0.0717. The van der Waals surface area contributed by atoms with Gasteiger partial charge in [0.1, 0.15) is 5.70 Å². The molecule has 0 spiro atoms. The van der Waals surface area contributed by atoms with Crippen molar-refractivity contribution in [3.63, 3.8) is 0 Å². The van der Waals surface area contributed by atoms with Crippen LogP contribution in [-0.2, 0) is 4.79 Å². The van der Waals surface area contributed by atoms with E-state index in [1.165, 1.54) is 0 Å². The van der Waals surface area contributed by atoms with Crippen molar-refractivity contribution in [2.24, 2.45) is 0 Å². The molecule has 0 aliphatic rings. The molecule has 0 aliphatic carbocycles. The molecule has 110 valence electrons. The van der Waals surface area contributed by atoms with Crippen LogP contribution in [0.1, 0.15) is 6.92 Å². The van der Waals surface area contributed by atoms with Crippen molar-refractivity contribution in [3.05, 3.63) is 42.1 Å². The first-order chi connectivity index (χ1) is 9.86. The normalized spacial score (nSPS) is 12.3. The number of carbonyl (C=O) groups excluding carboxylic acids is 1. The summed E-state index contributed by atoms with van der Waals surface area (Å²) in [4.78, 5) is 14.6. The van der Waals surface area contributed by atoms with Gasteiger partial charge in [-0.1, -0.05) is 18.2 Å². The minimum Gasteiger partial charge on any atom is -0.332 e. The lowest BCUT2D eigenvalue weighted by molar-refractivity contribution is -0.114. The maximum Gasteiger partial charge on any atom is 0.431 e. The van der Waals surface area contributed by atoms with Gasteiger partial charge in [-0.15, -0.1) is 0 Å². The number of halogens is 3. The van der Waals surface area contributed by atoms with Gasteiger partial charge in [0.25, 0.3) is 11.8 Å². The molecule has 1 heterocycles. The number of hydrogen-bond acceptors (Lipinski definition) is 5. The van der Waals surface area contributed by atoms with E-state index in [4.69, 9.17) is 4.52 Å². The van der Waals surface area contributed by atoms with Gasteiger partial charge in [-0.05, 0) is 24.2 Å². The Kier molecular flexibility index (Phi) is 4.06. The highest BCUT2D eigenvalue weighted by Crippen LogP contribution is 2.27. The molecule has 21 heavy (non-hydrogen) atoms. The summed E-state index contributed by atoms with van der Waals surface area (Å²) in [6.07, 6.45) is -4.29. The quantitative estimate of drug-likeness (QED) is 0.878. The Morgan fingerprint density at radius 3 is 2.52 bits per heavy atom. The third-order valence-electron chi connectivity index (χ3n) is 2.35. The van der Waals surface area contributed by atoms with Crippen LogP contribution < -0.4 is 5.32 Å². The van der Waals surface area contributed by atoms with Gasteiger partial charge < -0.3 is 9.84 Å². The highest BCUT2D eigenvalue weighted by atomic mass is 19.4. The van der Waals surface area contributed by atoms with Gasteiger partial charge in [-0.25, -0.2) is 0 Å². The predicted octanol–water partition coefficient (Wildman–Crippen LogP) is 3.18. The molecule has 0 atom stereocenters. The third-order valence-corrected chi connectivity index (χ3v) is 2.35. The van der Waals surface area contributed by atoms with Crippen molar-refractivity contribution in [2.45, 2.75) is 13.1 Å². The zero-order chi connectivity index (χ0) is 15.5. The fourth-order valence-corrected chi connectivity index (χ4v) is 1.48. The SMILES string of the molecule is CC(=O)/C=C(\Nc1noc(-c2ccccc2)n1)C(F)(F)F. The number of benzene rings is 1. The first-order valence-corrected chi connectivity index (χ1v) is 5.82. The van der Waals surface area contributed by atoms with E-state index in [1.54, 1.807) is 30.3 Å². The van der Waals surface area contributed by atoms with Crippen LogP contribution in [0.25, 0.3) is 11.5 Å². The highest BCUT2D eigenvalue weighted by molar-refractivity contribution is 5.88. The first-order valence-electron chi connectivity index (χ1n) is 5.82. The van der Waals surface area contributed by atoms with Crippen LogP contribution >= 0.6 is 0 Å². The smallest absolute Gasteiger partial charge is 0.332 e. The Morgan fingerprint density at radius 1 is 1.29 bits per heavy atom. The van der Waals surface area contributed by atoms with Crippen LogP contribution in [-0.4, -0.2) is 22.1 Å². The highest BCUT2D eigenvalue weighted by Gasteiger charge is 2.35. The average molecular weight is 297 g/mol. The topological polar surface area (TPSA) is 68.0 Å². The summed E-state index contributed by atoms with van der Waals surface area (Å²) in [5.41, 5.74) is -0.683. The molecule has 8 heteroatoms. The molecule has 1 aromatic heterocycles. The largest absolute Gasteiger partial charge is 0.431 e. The number of alkyl halides is 3.